The Balaban J connectivity index is 1.84. The van der Waals surface area contributed by atoms with Gasteiger partial charge in [0.25, 0.3) is 0 Å². The van der Waals surface area contributed by atoms with Crippen LogP contribution in [0.4, 0.5) is 5.69 Å². The largest absolute Gasteiger partial charge is 0.376 e. The van der Waals surface area contributed by atoms with Crippen LogP contribution in [-0.2, 0) is 4.74 Å². The molecular formula is C17H26N2OS. The van der Waals surface area contributed by atoms with Crippen LogP contribution in [0, 0.1) is 0 Å². The van der Waals surface area contributed by atoms with Gasteiger partial charge in [-0.15, -0.1) is 0 Å². The minimum absolute atomic E-state index is 0.242. The molecule has 3 nitrogen and oxygen atoms in total. The molecule has 1 aromatic carbocycles. The Bertz CT molecular complexity index is 454. The number of thiocarbonyl (C=S) groups is 1. The zero-order valence-corrected chi connectivity index (χ0v) is 14.0. The fraction of sp³-hybridized carbons (Fsp3) is 0.588. The Morgan fingerprint density at radius 2 is 2.05 bits per heavy atom. The van der Waals surface area contributed by atoms with Crippen LogP contribution < -0.4 is 10.6 Å². The third-order valence-corrected chi connectivity index (χ3v) is 4.45. The first-order valence-corrected chi connectivity index (χ1v) is 8.30. The van der Waals surface area contributed by atoms with Crippen LogP contribution in [0.15, 0.2) is 24.3 Å². The van der Waals surface area contributed by atoms with Crippen molar-refractivity contribution in [3.8, 4) is 0 Å². The second kappa shape index (κ2) is 7.76. The van der Waals surface area contributed by atoms with Crippen LogP contribution in [0.1, 0.15) is 51.5 Å². The summed E-state index contributed by atoms with van der Waals surface area (Å²) in [5.41, 5.74) is 2.40. The Labute approximate surface area is 133 Å². The quantitative estimate of drug-likeness (QED) is 0.804. The van der Waals surface area contributed by atoms with Gasteiger partial charge in [0.05, 0.1) is 12.1 Å². The molecule has 0 radical (unpaired) electrons. The topological polar surface area (TPSA) is 33.3 Å². The van der Waals surface area contributed by atoms with Gasteiger partial charge in [0.15, 0.2) is 5.11 Å². The lowest BCUT2D eigenvalue weighted by molar-refractivity contribution is 0.0895. The van der Waals surface area contributed by atoms with E-state index in [1.165, 1.54) is 5.56 Å². The first-order chi connectivity index (χ1) is 10.1. The highest BCUT2D eigenvalue weighted by atomic mass is 32.1. The Kier molecular flexibility index (Phi) is 6.00. The van der Waals surface area contributed by atoms with Gasteiger partial charge >= 0.3 is 0 Å². The number of ether oxygens (including phenoxy) is 1. The van der Waals surface area contributed by atoms with Crippen LogP contribution in [0.2, 0.25) is 0 Å². The zero-order valence-electron chi connectivity index (χ0n) is 13.2. The number of rotatable bonds is 5. The van der Waals surface area contributed by atoms with E-state index in [-0.39, 0.29) is 12.1 Å². The molecule has 1 aliphatic rings. The second-order valence-corrected chi connectivity index (χ2v) is 6.28. The van der Waals surface area contributed by atoms with E-state index in [4.69, 9.17) is 17.0 Å². The number of benzene rings is 1. The minimum Gasteiger partial charge on any atom is -0.376 e. The van der Waals surface area contributed by atoms with Crippen molar-refractivity contribution >= 4 is 23.0 Å². The molecule has 0 aliphatic carbocycles. The van der Waals surface area contributed by atoms with Crippen LogP contribution in [0.3, 0.4) is 0 Å². The fourth-order valence-corrected chi connectivity index (χ4v) is 2.90. The summed E-state index contributed by atoms with van der Waals surface area (Å²) in [5.74, 6) is 0.601. The Morgan fingerprint density at radius 3 is 2.62 bits per heavy atom. The molecule has 0 unspecified atom stereocenters. The van der Waals surface area contributed by atoms with Crippen molar-refractivity contribution in [3.63, 3.8) is 0 Å². The number of nitrogens with one attached hydrogen (secondary N) is 2. The van der Waals surface area contributed by atoms with E-state index in [1.807, 2.05) is 0 Å². The molecule has 2 rings (SSSR count). The fourth-order valence-electron chi connectivity index (χ4n) is 2.59. The van der Waals surface area contributed by atoms with E-state index >= 15 is 0 Å². The molecule has 0 spiro atoms. The summed E-state index contributed by atoms with van der Waals surface area (Å²) in [7, 11) is 0. The lowest BCUT2D eigenvalue weighted by Crippen LogP contribution is -2.42. The van der Waals surface area contributed by atoms with Crippen LogP contribution >= 0.6 is 12.2 Å². The first-order valence-electron chi connectivity index (χ1n) is 7.89. The summed E-state index contributed by atoms with van der Waals surface area (Å²) in [6.07, 6.45) is 3.69. The number of hydrogen-bond donors (Lipinski definition) is 2. The van der Waals surface area contributed by atoms with Crippen LogP contribution in [0.25, 0.3) is 0 Å². The number of anilines is 1. The highest BCUT2D eigenvalue weighted by Crippen LogP contribution is 2.20. The molecule has 1 saturated heterocycles. The highest BCUT2D eigenvalue weighted by Gasteiger charge is 2.22. The van der Waals surface area contributed by atoms with Crippen LogP contribution in [0.5, 0.6) is 0 Å². The average molecular weight is 306 g/mol. The zero-order chi connectivity index (χ0) is 15.2. The van der Waals surface area contributed by atoms with E-state index in [9.17, 15) is 0 Å². The lowest BCUT2D eigenvalue weighted by atomic mass is 9.99. The summed E-state index contributed by atoms with van der Waals surface area (Å²) in [5, 5.41) is 7.22. The van der Waals surface area contributed by atoms with Gasteiger partial charge in [-0.25, -0.2) is 0 Å². The van der Waals surface area contributed by atoms with Gasteiger partial charge in [0.2, 0.25) is 0 Å². The maximum Gasteiger partial charge on any atom is 0.171 e. The maximum absolute atomic E-state index is 5.67. The second-order valence-electron chi connectivity index (χ2n) is 5.87. The predicted molar refractivity (Wildman–Crippen MR) is 92.9 cm³/mol. The van der Waals surface area contributed by atoms with Crippen molar-refractivity contribution < 1.29 is 4.74 Å². The van der Waals surface area contributed by atoms with Crippen molar-refractivity contribution in [2.45, 2.75) is 58.1 Å². The van der Waals surface area contributed by atoms with Gasteiger partial charge in [0, 0.05) is 12.3 Å². The van der Waals surface area contributed by atoms with E-state index in [0.717, 1.165) is 31.6 Å². The normalized spacial score (nSPS) is 20.8. The standard InChI is InChI=1S/C17H26N2OS/c1-4-12(2)14-7-9-15(10-8-14)19-17(21)18-13(3)16-6-5-11-20-16/h7-10,12-13,16H,4-6,11H2,1-3H3,(H2,18,19,21)/t12-,13+,16+/m1/s1. The monoisotopic (exact) mass is 306 g/mol. The third-order valence-electron chi connectivity index (χ3n) is 4.23. The molecule has 0 amide bonds. The third kappa shape index (κ3) is 4.68. The average Bonchev–Trinajstić information content (AvgIpc) is 3.01. The van der Waals surface area contributed by atoms with Crippen molar-refractivity contribution in [2.75, 3.05) is 11.9 Å². The molecular weight excluding hydrogens is 280 g/mol. The van der Waals surface area contributed by atoms with Gasteiger partial charge in [-0.2, -0.15) is 0 Å². The summed E-state index contributed by atoms with van der Waals surface area (Å²) >= 11 is 5.38. The molecule has 1 aromatic rings. The van der Waals surface area contributed by atoms with E-state index in [2.05, 4.69) is 55.7 Å². The van der Waals surface area contributed by atoms with Crippen molar-refractivity contribution in [1.29, 1.82) is 0 Å². The molecule has 1 aliphatic heterocycles. The van der Waals surface area contributed by atoms with Gasteiger partial charge in [-0.05, 0) is 62.0 Å². The first kappa shape index (κ1) is 16.2. The molecule has 0 bridgehead atoms. The Hall–Kier alpha value is -1.13. The number of hydrogen-bond acceptors (Lipinski definition) is 2. The van der Waals surface area contributed by atoms with E-state index < -0.39 is 0 Å². The molecule has 1 heterocycles. The lowest BCUT2D eigenvalue weighted by Gasteiger charge is -2.22. The van der Waals surface area contributed by atoms with Crippen LogP contribution in [-0.4, -0.2) is 23.9 Å². The van der Waals surface area contributed by atoms with Gasteiger partial charge < -0.3 is 15.4 Å². The van der Waals surface area contributed by atoms with E-state index in [1.54, 1.807) is 0 Å². The SMILES string of the molecule is CC[C@@H](C)c1ccc(NC(=S)N[C@@H](C)[C@@H]2CCCO2)cc1. The molecule has 4 heteroatoms. The van der Waals surface area contributed by atoms with Gasteiger partial charge in [0.1, 0.15) is 0 Å². The van der Waals surface area contributed by atoms with Crippen molar-refractivity contribution in [2.24, 2.45) is 0 Å². The van der Waals surface area contributed by atoms with Gasteiger partial charge in [-0.3, -0.25) is 0 Å². The molecule has 2 N–H and O–H groups in total. The molecule has 0 saturated carbocycles. The summed E-state index contributed by atoms with van der Waals surface area (Å²) in [4.78, 5) is 0. The highest BCUT2D eigenvalue weighted by molar-refractivity contribution is 7.80. The smallest absolute Gasteiger partial charge is 0.171 e. The molecule has 0 aromatic heterocycles. The Morgan fingerprint density at radius 1 is 1.33 bits per heavy atom. The minimum atomic E-state index is 0.242. The maximum atomic E-state index is 5.67. The van der Waals surface area contributed by atoms with Crippen molar-refractivity contribution in [1.82, 2.24) is 5.32 Å². The molecule has 3 atom stereocenters. The van der Waals surface area contributed by atoms with Crippen molar-refractivity contribution in [3.05, 3.63) is 29.8 Å². The van der Waals surface area contributed by atoms with E-state index in [0.29, 0.717) is 11.0 Å². The molecule has 1 fully saturated rings. The molecule has 21 heavy (non-hydrogen) atoms. The summed E-state index contributed by atoms with van der Waals surface area (Å²) < 4.78 is 5.67. The summed E-state index contributed by atoms with van der Waals surface area (Å²) in [6, 6.07) is 8.76. The predicted octanol–water partition coefficient (Wildman–Crippen LogP) is 4.05. The van der Waals surface area contributed by atoms with Gasteiger partial charge in [-0.1, -0.05) is 26.0 Å². The summed E-state index contributed by atoms with van der Waals surface area (Å²) in [6.45, 7) is 7.45. The molecule has 116 valence electrons.